The minimum atomic E-state index is -0.406. The molecule has 0 saturated heterocycles. The normalized spacial score (nSPS) is 13.8. The van der Waals surface area contributed by atoms with Crippen LogP contribution in [0.15, 0.2) is 425 Å². The molecule has 556 valence electrons. The fourth-order valence-corrected chi connectivity index (χ4v) is 19.7. The summed E-state index contributed by atoms with van der Waals surface area (Å²) in [6, 6.07) is 155. The van der Waals surface area contributed by atoms with E-state index in [2.05, 4.69) is 426 Å². The van der Waals surface area contributed by atoms with Crippen LogP contribution in [0.5, 0.6) is 0 Å². The molecule has 0 aliphatic heterocycles. The highest BCUT2D eigenvalue weighted by Gasteiger charge is 2.55. The number of anilines is 5. The Morgan fingerprint density at radius 2 is 0.491 bits per heavy atom. The maximum absolute atomic E-state index is 6.27. The van der Waals surface area contributed by atoms with Crippen LogP contribution in [0, 0.1) is 0 Å². The summed E-state index contributed by atoms with van der Waals surface area (Å²) in [5.41, 5.74) is 36.4. The van der Waals surface area contributed by atoms with E-state index in [9.17, 15) is 0 Å². The molecule has 0 saturated carbocycles. The Labute approximate surface area is 687 Å². The standard InChI is InChI=1S/C56H41N.C38H27Cl.C18H15N.CH4/c1-55(2)50-21-11-13-23-52(50)56(53-24-14-12-22-51(53)55)49-20-10-9-19-47(49)48-34-30-43(37-54(48)56)40-25-26-42-36-46(33-29-41(42)35-40)57(44-17-7-4-8-18-44)45-31-27-39(28-32-45)38-15-5-3-6-16-38;1-37(2)32-11-5-7-13-34(32)38(35-14-8-6-12-33(35)37)31-10-4-3-9-29(31)30-20-18-27(23-36(30)38)24-15-16-26-22-28(39)19-17-25(26)21-24;1-3-7-15(8-4-1)16-11-13-18(14-12-16)19-17-9-5-2-6-10-17;/h3-37H,1-2H3;3-23H,1-2H3;1-14,19H;1H4. The highest BCUT2D eigenvalue weighted by Crippen LogP contribution is 2.65. The van der Waals surface area contributed by atoms with E-state index < -0.39 is 5.41 Å². The third-order valence-corrected chi connectivity index (χ3v) is 25.2. The van der Waals surface area contributed by atoms with Gasteiger partial charge in [-0.2, -0.15) is 0 Å². The SMILES string of the molecule is C.CC1(C)c2ccccc2C2(c3ccccc3-c3ccc(-c4ccc5cc(Cl)ccc5c4)cc32)c2ccccc21.CC1(C)c2ccccc2C2(c3ccccc3-c3ccc(-c4ccc5cc(N(c6ccccc6)c6ccc(-c7ccccc7)cc6)ccc5c4)cc32)c2ccccc21.c1ccc(Nc2ccc(-c3ccccc3)cc2)cc1. The van der Waals surface area contributed by atoms with Crippen molar-refractivity contribution >= 4 is 61.6 Å². The summed E-state index contributed by atoms with van der Waals surface area (Å²) in [5.74, 6) is 0. The Balaban J connectivity index is 0.000000131. The smallest absolute Gasteiger partial charge is 0.0719 e. The molecule has 18 aromatic rings. The summed E-state index contributed by atoms with van der Waals surface area (Å²) in [5, 5.41) is 8.94. The molecule has 0 heterocycles. The van der Waals surface area contributed by atoms with Crippen molar-refractivity contribution in [3.05, 3.63) is 496 Å². The molecule has 0 unspecified atom stereocenters. The van der Waals surface area contributed by atoms with Gasteiger partial charge in [-0.25, -0.2) is 0 Å². The molecule has 0 fully saturated rings. The first-order valence-electron chi connectivity index (χ1n) is 40.0. The molecule has 2 nitrogen and oxygen atoms in total. The van der Waals surface area contributed by atoms with E-state index in [4.69, 9.17) is 11.6 Å². The first-order valence-corrected chi connectivity index (χ1v) is 40.4. The predicted molar refractivity (Wildman–Crippen MR) is 491 cm³/mol. The molecule has 0 radical (unpaired) electrons. The zero-order valence-corrected chi connectivity index (χ0v) is 65.5. The molecule has 0 atom stereocenters. The summed E-state index contributed by atoms with van der Waals surface area (Å²) in [6.07, 6.45) is 0. The Kier molecular flexibility index (Phi) is 18.4. The van der Waals surface area contributed by atoms with Crippen molar-refractivity contribution < 1.29 is 0 Å². The van der Waals surface area contributed by atoms with Crippen molar-refractivity contribution in [3.63, 3.8) is 0 Å². The summed E-state index contributed by atoms with van der Waals surface area (Å²) in [7, 11) is 0. The van der Waals surface area contributed by atoms with E-state index in [0.29, 0.717) is 0 Å². The van der Waals surface area contributed by atoms with Crippen molar-refractivity contribution in [2.75, 3.05) is 10.2 Å². The van der Waals surface area contributed by atoms with Gasteiger partial charge in [0.15, 0.2) is 0 Å². The number of para-hydroxylation sites is 2. The lowest BCUT2D eigenvalue weighted by Gasteiger charge is -2.46. The van der Waals surface area contributed by atoms with Crippen LogP contribution in [-0.2, 0) is 21.7 Å². The second-order valence-electron chi connectivity index (χ2n) is 32.0. The lowest BCUT2D eigenvalue weighted by Crippen LogP contribution is -2.40. The molecule has 3 heteroatoms. The van der Waals surface area contributed by atoms with Gasteiger partial charge < -0.3 is 10.2 Å². The van der Waals surface area contributed by atoms with Crippen LogP contribution in [0.3, 0.4) is 0 Å². The molecular formula is C113H87ClN2. The minimum Gasteiger partial charge on any atom is -0.356 e. The van der Waals surface area contributed by atoms with Gasteiger partial charge in [-0.3, -0.25) is 0 Å². The first-order chi connectivity index (χ1) is 56.4. The third-order valence-electron chi connectivity index (χ3n) is 25.0. The number of hydrogen-bond acceptors (Lipinski definition) is 2. The Morgan fingerprint density at radius 3 is 0.940 bits per heavy atom. The van der Waals surface area contributed by atoms with Crippen molar-refractivity contribution in [2.45, 2.75) is 56.8 Å². The molecule has 0 amide bonds. The van der Waals surface area contributed by atoms with E-state index >= 15 is 0 Å². The average molecular weight is 1510 g/mol. The van der Waals surface area contributed by atoms with Crippen LogP contribution in [0.4, 0.5) is 28.4 Å². The van der Waals surface area contributed by atoms with Gasteiger partial charge >= 0.3 is 0 Å². The largest absolute Gasteiger partial charge is 0.356 e. The Morgan fingerprint density at radius 1 is 0.207 bits per heavy atom. The van der Waals surface area contributed by atoms with Gasteiger partial charge in [0.1, 0.15) is 0 Å². The number of nitrogens with zero attached hydrogens (tertiary/aromatic N) is 1. The van der Waals surface area contributed by atoms with Crippen LogP contribution < -0.4 is 10.2 Å². The lowest BCUT2D eigenvalue weighted by atomic mass is 9.55. The molecule has 22 rings (SSSR count). The van der Waals surface area contributed by atoms with Gasteiger partial charge in [-0.15, -0.1) is 0 Å². The summed E-state index contributed by atoms with van der Waals surface area (Å²) < 4.78 is 0. The molecule has 1 N–H and O–H groups in total. The van der Waals surface area contributed by atoms with Crippen LogP contribution >= 0.6 is 11.6 Å². The Hall–Kier alpha value is -13.6. The van der Waals surface area contributed by atoms with Crippen molar-refractivity contribution in [1.29, 1.82) is 0 Å². The fraction of sp³-hybridized carbons (Fsp3) is 0.0796. The van der Waals surface area contributed by atoms with Gasteiger partial charge in [0.2, 0.25) is 0 Å². The van der Waals surface area contributed by atoms with Crippen LogP contribution in [0.1, 0.15) is 102 Å². The van der Waals surface area contributed by atoms with Crippen LogP contribution in [0.25, 0.3) is 88.3 Å². The molecule has 0 aromatic heterocycles. The van der Waals surface area contributed by atoms with Gasteiger partial charge in [-0.1, -0.05) is 374 Å². The molecule has 18 aromatic carbocycles. The molecule has 4 aliphatic rings. The first kappa shape index (κ1) is 72.6. The second-order valence-corrected chi connectivity index (χ2v) is 32.5. The van der Waals surface area contributed by atoms with Crippen molar-refractivity contribution in [2.24, 2.45) is 0 Å². The average Bonchev–Trinajstić information content (AvgIpc) is 1.47. The molecule has 116 heavy (non-hydrogen) atoms. The number of hydrogen-bond donors (Lipinski definition) is 1. The zero-order chi connectivity index (χ0) is 77.4. The molecule has 2 spiro atoms. The summed E-state index contributed by atoms with van der Waals surface area (Å²) in [4.78, 5) is 2.35. The molecular weight excluding hydrogens is 1420 g/mol. The minimum absolute atomic E-state index is 0. The van der Waals surface area contributed by atoms with E-state index in [1.807, 2.05) is 36.4 Å². The maximum atomic E-state index is 6.27. The molecule has 4 aliphatic carbocycles. The molecule has 0 bridgehead atoms. The topological polar surface area (TPSA) is 15.3 Å². The van der Waals surface area contributed by atoms with Gasteiger partial charge in [0.05, 0.1) is 10.8 Å². The van der Waals surface area contributed by atoms with Gasteiger partial charge in [0.25, 0.3) is 0 Å². The second kappa shape index (κ2) is 29.4. The van der Waals surface area contributed by atoms with Gasteiger partial charge in [-0.05, 0) is 252 Å². The Bertz CT molecular complexity index is 6640. The summed E-state index contributed by atoms with van der Waals surface area (Å²) >= 11 is 6.27. The van der Waals surface area contributed by atoms with Crippen LogP contribution in [0.2, 0.25) is 5.02 Å². The van der Waals surface area contributed by atoms with Gasteiger partial charge in [0, 0.05) is 44.3 Å². The third kappa shape index (κ3) is 12.1. The van der Waals surface area contributed by atoms with E-state index in [1.54, 1.807) is 0 Å². The predicted octanol–water partition coefficient (Wildman–Crippen LogP) is 30.5. The number of halogens is 1. The quantitative estimate of drug-likeness (QED) is 0.155. The lowest BCUT2D eigenvalue weighted by molar-refractivity contribution is 0.563. The number of fused-ring (bicyclic) bond motifs is 20. The van der Waals surface area contributed by atoms with E-state index in [0.717, 1.165) is 38.8 Å². The number of rotatable bonds is 9. The number of benzene rings is 18. The van der Waals surface area contributed by atoms with E-state index in [-0.39, 0.29) is 23.7 Å². The van der Waals surface area contributed by atoms with Crippen molar-refractivity contribution in [1.82, 2.24) is 0 Å². The zero-order valence-electron chi connectivity index (χ0n) is 64.7. The van der Waals surface area contributed by atoms with E-state index in [1.165, 1.54) is 150 Å². The fourth-order valence-electron chi connectivity index (χ4n) is 19.6. The monoisotopic (exact) mass is 1510 g/mol. The maximum Gasteiger partial charge on any atom is 0.0719 e. The number of nitrogens with one attached hydrogen (secondary N) is 1. The van der Waals surface area contributed by atoms with Crippen molar-refractivity contribution in [3.8, 4) is 66.8 Å². The highest BCUT2D eigenvalue weighted by atomic mass is 35.5. The highest BCUT2D eigenvalue weighted by molar-refractivity contribution is 6.31. The van der Waals surface area contributed by atoms with Crippen LogP contribution in [-0.4, -0.2) is 0 Å². The summed E-state index contributed by atoms with van der Waals surface area (Å²) in [6.45, 7) is 9.52.